The normalized spacial score (nSPS) is 10.7. The fourth-order valence-electron chi connectivity index (χ4n) is 1.74. The number of halogens is 5. The lowest BCUT2D eigenvalue weighted by atomic mass is 10.1. The van der Waals surface area contributed by atoms with Crippen LogP contribution in [0.5, 0.6) is 5.75 Å². The Kier molecular flexibility index (Phi) is 6.92. The SMILES string of the molecule is O=C(O)CCCCCCC(=O)Oc1c(F)c(F)c(F)c(F)c1F. The molecule has 0 aromatic heterocycles. The van der Waals surface area contributed by atoms with Crippen molar-refractivity contribution in [3.63, 3.8) is 0 Å². The molecule has 0 fully saturated rings. The maximum atomic E-state index is 13.3. The molecule has 0 amide bonds. The van der Waals surface area contributed by atoms with Gasteiger partial charge in [-0.15, -0.1) is 0 Å². The highest BCUT2D eigenvalue weighted by atomic mass is 19.2. The first-order valence-electron chi connectivity index (χ1n) is 6.69. The van der Waals surface area contributed by atoms with Gasteiger partial charge in [0.05, 0.1) is 0 Å². The molecule has 0 aliphatic carbocycles. The van der Waals surface area contributed by atoms with Crippen LogP contribution < -0.4 is 4.74 Å². The number of hydrogen-bond donors (Lipinski definition) is 1. The lowest BCUT2D eigenvalue weighted by Crippen LogP contribution is -2.13. The van der Waals surface area contributed by atoms with Gasteiger partial charge in [-0.25, -0.2) is 13.2 Å². The number of hydrogen-bond acceptors (Lipinski definition) is 3. The van der Waals surface area contributed by atoms with E-state index in [9.17, 15) is 31.5 Å². The molecule has 0 bridgehead atoms. The minimum Gasteiger partial charge on any atom is -0.481 e. The van der Waals surface area contributed by atoms with Crippen molar-refractivity contribution in [3.8, 4) is 5.75 Å². The molecule has 0 saturated carbocycles. The molecule has 1 rings (SSSR count). The van der Waals surface area contributed by atoms with Gasteiger partial charge in [-0.3, -0.25) is 9.59 Å². The molecule has 128 valence electrons. The number of unbranched alkanes of at least 4 members (excludes halogenated alkanes) is 3. The summed E-state index contributed by atoms with van der Waals surface area (Å²) in [5.74, 6) is -14.9. The largest absolute Gasteiger partial charge is 0.481 e. The van der Waals surface area contributed by atoms with E-state index in [1.165, 1.54) is 0 Å². The Morgan fingerprint density at radius 1 is 0.739 bits per heavy atom. The third kappa shape index (κ3) is 5.19. The van der Waals surface area contributed by atoms with Crippen molar-refractivity contribution >= 4 is 11.9 Å². The van der Waals surface area contributed by atoms with E-state index in [2.05, 4.69) is 4.74 Å². The Bertz CT molecular complexity index is 574. The third-order valence-corrected chi connectivity index (χ3v) is 2.91. The Labute approximate surface area is 127 Å². The van der Waals surface area contributed by atoms with E-state index in [-0.39, 0.29) is 19.3 Å². The highest BCUT2D eigenvalue weighted by molar-refractivity contribution is 5.72. The second-order valence-electron chi connectivity index (χ2n) is 4.68. The van der Waals surface area contributed by atoms with E-state index < -0.39 is 46.8 Å². The van der Waals surface area contributed by atoms with E-state index in [1.54, 1.807) is 0 Å². The number of carbonyl (C=O) groups is 2. The smallest absolute Gasteiger partial charge is 0.311 e. The van der Waals surface area contributed by atoms with Crippen LogP contribution in [-0.2, 0) is 9.59 Å². The number of aliphatic carboxylic acids is 1. The van der Waals surface area contributed by atoms with E-state index in [4.69, 9.17) is 5.11 Å². The van der Waals surface area contributed by atoms with Crippen molar-refractivity contribution in [2.75, 3.05) is 0 Å². The molecule has 0 heterocycles. The van der Waals surface area contributed by atoms with Gasteiger partial charge in [0.1, 0.15) is 0 Å². The zero-order chi connectivity index (χ0) is 17.6. The number of esters is 1. The van der Waals surface area contributed by atoms with E-state index >= 15 is 0 Å². The van der Waals surface area contributed by atoms with Crippen molar-refractivity contribution in [3.05, 3.63) is 29.1 Å². The van der Waals surface area contributed by atoms with Crippen LogP contribution in [0.2, 0.25) is 0 Å². The maximum absolute atomic E-state index is 13.3. The predicted octanol–water partition coefficient (Wildman–Crippen LogP) is 3.71. The molecule has 1 N–H and O–H groups in total. The second kappa shape index (κ2) is 8.44. The van der Waals surface area contributed by atoms with Gasteiger partial charge in [0.2, 0.25) is 34.8 Å². The molecule has 4 nitrogen and oxygen atoms in total. The van der Waals surface area contributed by atoms with Gasteiger partial charge in [0, 0.05) is 12.8 Å². The summed E-state index contributed by atoms with van der Waals surface area (Å²) in [5.41, 5.74) is 0. The number of carboxylic acids is 1. The Balaban J connectivity index is 2.54. The van der Waals surface area contributed by atoms with Gasteiger partial charge in [0.25, 0.3) is 0 Å². The number of benzene rings is 1. The minimum absolute atomic E-state index is 0.0188. The first kappa shape index (κ1) is 18.9. The fraction of sp³-hybridized carbons (Fsp3) is 0.429. The Hall–Kier alpha value is -2.19. The van der Waals surface area contributed by atoms with E-state index in [1.807, 2.05) is 0 Å². The van der Waals surface area contributed by atoms with Crippen molar-refractivity contribution in [2.45, 2.75) is 38.5 Å². The second-order valence-corrected chi connectivity index (χ2v) is 4.68. The number of carboxylic acid groups (broad SMARTS) is 1. The van der Waals surface area contributed by atoms with Gasteiger partial charge in [-0.1, -0.05) is 12.8 Å². The zero-order valence-electron chi connectivity index (χ0n) is 11.8. The van der Waals surface area contributed by atoms with Crippen LogP contribution in [0.3, 0.4) is 0 Å². The summed E-state index contributed by atoms with van der Waals surface area (Å²) in [7, 11) is 0. The lowest BCUT2D eigenvalue weighted by Gasteiger charge is -2.08. The molecular formula is C14H13F5O4. The van der Waals surface area contributed by atoms with Crippen molar-refractivity contribution in [2.24, 2.45) is 0 Å². The van der Waals surface area contributed by atoms with Crippen LogP contribution in [0.4, 0.5) is 22.0 Å². The monoisotopic (exact) mass is 340 g/mol. The highest BCUT2D eigenvalue weighted by Crippen LogP contribution is 2.29. The van der Waals surface area contributed by atoms with E-state index in [0.717, 1.165) is 0 Å². The average Bonchev–Trinajstić information content (AvgIpc) is 2.50. The van der Waals surface area contributed by atoms with Gasteiger partial charge in [0.15, 0.2) is 0 Å². The molecule has 0 spiro atoms. The number of ether oxygens (including phenoxy) is 1. The fourth-order valence-corrected chi connectivity index (χ4v) is 1.74. The summed E-state index contributed by atoms with van der Waals surface area (Å²) in [6, 6.07) is 0. The Morgan fingerprint density at radius 2 is 1.17 bits per heavy atom. The summed E-state index contributed by atoms with van der Waals surface area (Å²) < 4.78 is 69.4. The van der Waals surface area contributed by atoms with Crippen molar-refractivity contribution in [1.82, 2.24) is 0 Å². The standard InChI is InChI=1S/C14H13F5O4/c15-9-10(16)12(18)14(13(19)11(9)17)23-8(22)6-4-2-1-3-5-7(20)21/h1-6H2,(H,20,21). The molecule has 0 aliphatic heterocycles. The van der Waals surface area contributed by atoms with E-state index in [0.29, 0.717) is 19.3 Å². The van der Waals surface area contributed by atoms with Gasteiger partial charge >= 0.3 is 11.9 Å². The van der Waals surface area contributed by atoms with Crippen molar-refractivity contribution in [1.29, 1.82) is 0 Å². The molecule has 0 radical (unpaired) electrons. The maximum Gasteiger partial charge on any atom is 0.311 e. The van der Waals surface area contributed by atoms with Gasteiger partial charge < -0.3 is 9.84 Å². The summed E-state index contributed by atoms with van der Waals surface area (Å²) in [6.45, 7) is 0. The third-order valence-electron chi connectivity index (χ3n) is 2.91. The van der Waals surface area contributed by atoms with Crippen LogP contribution in [0.1, 0.15) is 38.5 Å². The molecule has 1 aromatic carbocycles. The van der Waals surface area contributed by atoms with Crippen LogP contribution in [-0.4, -0.2) is 17.0 Å². The van der Waals surface area contributed by atoms with Crippen LogP contribution >= 0.6 is 0 Å². The zero-order valence-corrected chi connectivity index (χ0v) is 11.8. The molecule has 0 aliphatic rings. The minimum atomic E-state index is -2.33. The molecular weight excluding hydrogens is 327 g/mol. The van der Waals surface area contributed by atoms with Crippen LogP contribution in [0.25, 0.3) is 0 Å². The van der Waals surface area contributed by atoms with Crippen LogP contribution in [0, 0.1) is 29.1 Å². The lowest BCUT2D eigenvalue weighted by molar-refractivity contribution is -0.137. The summed E-state index contributed by atoms with van der Waals surface area (Å²) >= 11 is 0. The molecule has 9 heteroatoms. The molecule has 1 aromatic rings. The average molecular weight is 340 g/mol. The molecule has 23 heavy (non-hydrogen) atoms. The quantitative estimate of drug-likeness (QED) is 0.196. The Morgan fingerprint density at radius 3 is 1.65 bits per heavy atom. The van der Waals surface area contributed by atoms with Gasteiger partial charge in [-0.05, 0) is 12.8 Å². The summed E-state index contributed by atoms with van der Waals surface area (Å²) in [5, 5.41) is 8.41. The van der Waals surface area contributed by atoms with Crippen molar-refractivity contribution < 1.29 is 41.4 Å². The number of rotatable bonds is 8. The predicted molar refractivity (Wildman–Crippen MR) is 67.2 cm³/mol. The van der Waals surface area contributed by atoms with Gasteiger partial charge in [-0.2, -0.15) is 8.78 Å². The summed E-state index contributed by atoms with van der Waals surface area (Å²) in [6.07, 6.45) is 1.29. The topological polar surface area (TPSA) is 63.6 Å². The molecule has 0 atom stereocenters. The molecule has 0 saturated heterocycles. The first-order valence-corrected chi connectivity index (χ1v) is 6.69. The van der Waals surface area contributed by atoms with Crippen LogP contribution in [0.15, 0.2) is 0 Å². The number of carbonyl (C=O) groups excluding carboxylic acids is 1. The molecule has 0 unspecified atom stereocenters. The first-order chi connectivity index (χ1) is 10.8. The summed E-state index contributed by atoms with van der Waals surface area (Å²) in [4.78, 5) is 21.6. The highest BCUT2D eigenvalue weighted by Gasteiger charge is 2.28.